The molecule has 0 spiro atoms. The number of nitrogens with zero attached hydrogens (tertiary/aromatic N) is 3. The topological polar surface area (TPSA) is 98.1 Å². The first kappa shape index (κ1) is 16.8. The van der Waals surface area contributed by atoms with Crippen molar-refractivity contribution in [2.45, 2.75) is 18.6 Å². The summed E-state index contributed by atoms with van der Waals surface area (Å²) in [6, 6.07) is 2.82. The molecule has 1 rings (SSSR count). The standard InChI is InChI=1S/C12H13F3N4O2/c13-12(14,15)9-4-2-8(3-5-9)10(11(20)21)17-6-1-7-18-19-16/h2-5,10,17H,1,6-7H2,(H,20,21). The third-order valence-corrected chi connectivity index (χ3v) is 2.66. The van der Waals surface area contributed by atoms with E-state index < -0.39 is 23.8 Å². The van der Waals surface area contributed by atoms with E-state index in [1.54, 1.807) is 0 Å². The highest BCUT2D eigenvalue weighted by Gasteiger charge is 2.30. The molecule has 1 aromatic rings. The fourth-order valence-corrected chi connectivity index (χ4v) is 1.65. The zero-order chi connectivity index (χ0) is 15.9. The number of hydrogen-bond donors (Lipinski definition) is 2. The van der Waals surface area contributed by atoms with E-state index >= 15 is 0 Å². The summed E-state index contributed by atoms with van der Waals surface area (Å²) in [6.45, 7) is 0.472. The molecule has 0 bridgehead atoms. The maximum Gasteiger partial charge on any atom is 0.416 e. The van der Waals surface area contributed by atoms with Crippen molar-refractivity contribution in [1.29, 1.82) is 0 Å². The van der Waals surface area contributed by atoms with Gasteiger partial charge >= 0.3 is 12.1 Å². The van der Waals surface area contributed by atoms with Crippen LogP contribution in [0, 0.1) is 0 Å². The second kappa shape index (κ2) is 7.51. The van der Waals surface area contributed by atoms with E-state index in [1.165, 1.54) is 0 Å². The minimum atomic E-state index is -4.46. The number of carbonyl (C=O) groups is 1. The Kier molecular flexibility index (Phi) is 6.01. The van der Waals surface area contributed by atoms with Crippen molar-refractivity contribution in [2.75, 3.05) is 13.1 Å². The van der Waals surface area contributed by atoms with Crippen LogP contribution < -0.4 is 5.32 Å². The molecule has 0 aromatic heterocycles. The summed E-state index contributed by atoms with van der Waals surface area (Å²) in [7, 11) is 0. The maximum absolute atomic E-state index is 12.4. The summed E-state index contributed by atoms with van der Waals surface area (Å²) < 4.78 is 37.3. The summed E-state index contributed by atoms with van der Waals surface area (Å²) in [4.78, 5) is 13.7. The van der Waals surface area contributed by atoms with Gasteiger partial charge in [0.1, 0.15) is 6.04 Å². The molecule has 0 aliphatic carbocycles. The highest BCUT2D eigenvalue weighted by atomic mass is 19.4. The monoisotopic (exact) mass is 302 g/mol. The first-order valence-electron chi connectivity index (χ1n) is 6.00. The van der Waals surface area contributed by atoms with Gasteiger partial charge in [0.2, 0.25) is 0 Å². The molecule has 114 valence electrons. The molecule has 1 unspecified atom stereocenters. The lowest BCUT2D eigenvalue weighted by atomic mass is 10.0. The molecule has 0 aliphatic rings. The Morgan fingerprint density at radius 3 is 2.48 bits per heavy atom. The van der Waals surface area contributed by atoms with Crippen LogP contribution in [0.4, 0.5) is 13.2 Å². The van der Waals surface area contributed by atoms with Gasteiger partial charge in [0, 0.05) is 11.5 Å². The largest absolute Gasteiger partial charge is 0.480 e. The average molecular weight is 302 g/mol. The smallest absolute Gasteiger partial charge is 0.416 e. The second-order valence-electron chi connectivity index (χ2n) is 4.15. The van der Waals surface area contributed by atoms with Gasteiger partial charge in [0.15, 0.2) is 0 Å². The summed E-state index contributed by atoms with van der Waals surface area (Å²) in [5.74, 6) is -1.20. The van der Waals surface area contributed by atoms with Gasteiger partial charge in [-0.1, -0.05) is 17.2 Å². The van der Waals surface area contributed by atoms with Gasteiger partial charge in [-0.25, -0.2) is 0 Å². The number of carboxylic acid groups (broad SMARTS) is 1. The molecule has 21 heavy (non-hydrogen) atoms. The lowest BCUT2D eigenvalue weighted by Gasteiger charge is -2.15. The van der Waals surface area contributed by atoms with Crippen molar-refractivity contribution in [3.63, 3.8) is 0 Å². The molecular formula is C12H13F3N4O2. The van der Waals surface area contributed by atoms with Crippen LogP contribution in [-0.4, -0.2) is 24.2 Å². The fraction of sp³-hybridized carbons (Fsp3) is 0.417. The van der Waals surface area contributed by atoms with Crippen molar-refractivity contribution in [1.82, 2.24) is 5.32 Å². The van der Waals surface area contributed by atoms with Crippen molar-refractivity contribution in [3.8, 4) is 0 Å². The van der Waals surface area contributed by atoms with E-state index in [0.29, 0.717) is 6.42 Å². The number of carboxylic acids is 1. The van der Waals surface area contributed by atoms with Crippen LogP contribution in [0.2, 0.25) is 0 Å². The van der Waals surface area contributed by atoms with Crippen LogP contribution in [0.15, 0.2) is 29.4 Å². The first-order chi connectivity index (χ1) is 9.86. The molecule has 1 atom stereocenters. The van der Waals surface area contributed by atoms with Crippen LogP contribution in [-0.2, 0) is 11.0 Å². The van der Waals surface area contributed by atoms with E-state index in [4.69, 9.17) is 10.6 Å². The average Bonchev–Trinajstić information content (AvgIpc) is 2.41. The molecule has 9 heteroatoms. The van der Waals surface area contributed by atoms with Gasteiger partial charge in [-0.05, 0) is 36.2 Å². The normalized spacial score (nSPS) is 12.5. The number of aliphatic carboxylic acids is 1. The van der Waals surface area contributed by atoms with E-state index in [1.807, 2.05) is 0 Å². The van der Waals surface area contributed by atoms with E-state index in [-0.39, 0.29) is 18.7 Å². The minimum Gasteiger partial charge on any atom is -0.480 e. The highest BCUT2D eigenvalue weighted by molar-refractivity contribution is 5.75. The summed E-state index contributed by atoms with van der Waals surface area (Å²) in [6.07, 6.45) is -4.03. The lowest BCUT2D eigenvalue weighted by molar-refractivity contribution is -0.139. The predicted octanol–water partition coefficient (Wildman–Crippen LogP) is 3.12. The Balaban J connectivity index is 2.72. The molecule has 1 aromatic carbocycles. The van der Waals surface area contributed by atoms with Crippen LogP contribution >= 0.6 is 0 Å². The number of rotatable bonds is 7. The number of hydrogen-bond acceptors (Lipinski definition) is 3. The van der Waals surface area contributed by atoms with Gasteiger partial charge < -0.3 is 10.4 Å². The first-order valence-corrected chi connectivity index (χ1v) is 6.00. The molecule has 0 aliphatic heterocycles. The Hall–Kier alpha value is -2.25. The van der Waals surface area contributed by atoms with Crippen molar-refractivity contribution in [2.24, 2.45) is 5.11 Å². The number of alkyl halides is 3. The number of nitrogens with one attached hydrogen (secondary N) is 1. The van der Waals surface area contributed by atoms with Gasteiger partial charge in [-0.15, -0.1) is 0 Å². The van der Waals surface area contributed by atoms with Gasteiger partial charge in [-0.3, -0.25) is 4.79 Å². The van der Waals surface area contributed by atoms with Crippen molar-refractivity contribution < 1.29 is 23.1 Å². The summed E-state index contributed by atoms with van der Waals surface area (Å²) >= 11 is 0. The molecule has 0 saturated heterocycles. The SMILES string of the molecule is [N-]=[N+]=NCCCNC(C(=O)O)c1ccc(C(F)(F)F)cc1. The zero-order valence-corrected chi connectivity index (χ0v) is 10.8. The summed E-state index contributed by atoms with van der Waals surface area (Å²) in [5, 5.41) is 15.1. The third-order valence-electron chi connectivity index (χ3n) is 2.66. The fourth-order valence-electron chi connectivity index (χ4n) is 1.65. The lowest BCUT2D eigenvalue weighted by Crippen LogP contribution is -2.29. The Morgan fingerprint density at radius 1 is 1.38 bits per heavy atom. The van der Waals surface area contributed by atoms with E-state index in [2.05, 4.69) is 15.3 Å². The van der Waals surface area contributed by atoms with Crippen LogP contribution in [0.25, 0.3) is 10.4 Å². The molecule has 0 amide bonds. The number of azide groups is 1. The zero-order valence-electron chi connectivity index (χ0n) is 10.8. The van der Waals surface area contributed by atoms with E-state index in [0.717, 1.165) is 24.3 Å². The van der Waals surface area contributed by atoms with Crippen LogP contribution in [0.1, 0.15) is 23.6 Å². The maximum atomic E-state index is 12.4. The quantitative estimate of drug-likeness (QED) is 0.350. The van der Waals surface area contributed by atoms with Gasteiger partial charge in [-0.2, -0.15) is 13.2 Å². The Bertz CT molecular complexity index is 524. The Labute approximate surface area is 118 Å². The van der Waals surface area contributed by atoms with Crippen LogP contribution in [0.3, 0.4) is 0 Å². The molecule has 2 N–H and O–H groups in total. The highest BCUT2D eigenvalue weighted by Crippen LogP contribution is 2.29. The molecule has 0 heterocycles. The molecule has 0 radical (unpaired) electrons. The second-order valence-corrected chi connectivity index (χ2v) is 4.15. The van der Waals surface area contributed by atoms with Gasteiger partial charge in [0.05, 0.1) is 5.56 Å². The molecular weight excluding hydrogens is 289 g/mol. The van der Waals surface area contributed by atoms with Crippen molar-refractivity contribution >= 4 is 5.97 Å². The third kappa shape index (κ3) is 5.33. The Morgan fingerprint density at radius 2 is 2.00 bits per heavy atom. The molecule has 0 saturated carbocycles. The molecule has 6 nitrogen and oxygen atoms in total. The van der Waals surface area contributed by atoms with E-state index in [9.17, 15) is 18.0 Å². The number of benzene rings is 1. The van der Waals surface area contributed by atoms with Crippen LogP contribution in [0.5, 0.6) is 0 Å². The molecule has 0 fully saturated rings. The summed E-state index contributed by atoms with van der Waals surface area (Å²) in [5.41, 5.74) is 7.47. The van der Waals surface area contributed by atoms with Gasteiger partial charge in [0.25, 0.3) is 0 Å². The van der Waals surface area contributed by atoms with Crippen molar-refractivity contribution in [3.05, 3.63) is 45.8 Å². The predicted molar refractivity (Wildman–Crippen MR) is 68.5 cm³/mol. The number of halogens is 3. The minimum absolute atomic E-state index is 0.211.